The molecule has 4 aromatic rings. The Morgan fingerprint density at radius 3 is 1.61 bits per heavy atom. The van der Waals surface area contributed by atoms with E-state index in [9.17, 15) is 0 Å². The fourth-order valence-corrected chi connectivity index (χ4v) is 3.45. The molecule has 2 heteroatoms. The molecule has 0 saturated heterocycles. The molecule has 0 saturated carbocycles. The predicted octanol–water partition coefficient (Wildman–Crippen LogP) is 8.22. The monoisotopic (exact) mass is 398 g/mol. The summed E-state index contributed by atoms with van der Waals surface area (Å²) in [6.45, 7) is 11.4. The Labute approximate surface area is 183 Å². The van der Waals surface area contributed by atoms with Gasteiger partial charge in [-0.15, -0.1) is 0 Å². The lowest BCUT2D eigenvalue weighted by atomic mass is 10.1. The lowest BCUT2D eigenvalue weighted by Crippen LogP contribution is -2.09. The Bertz CT molecular complexity index is 1170. The third-order valence-electron chi connectivity index (χ3n) is 5.05. The van der Waals surface area contributed by atoms with Gasteiger partial charge < -0.3 is 4.90 Å². The van der Waals surface area contributed by atoms with Crippen LogP contribution in [0.1, 0.15) is 16.7 Å². The van der Waals surface area contributed by atoms with Crippen molar-refractivity contribution in [1.82, 2.24) is 0 Å². The van der Waals surface area contributed by atoms with Crippen molar-refractivity contribution in [1.29, 1.82) is 0 Å². The van der Waals surface area contributed by atoms with E-state index in [0.29, 0.717) is 5.70 Å². The van der Waals surface area contributed by atoms with Gasteiger partial charge in [-0.3, -0.25) is 0 Å². The largest absolute Gasteiger partial charge is 0.311 e. The summed E-state index contributed by atoms with van der Waals surface area (Å²) < 4.78 is 0. The smallest absolute Gasteiger partial charge is 0.194 e. The van der Waals surface area contributed by atoms with E-state index >= 15 is 0 Å². The van der Waals surface area contributed by atoms with Gasteiger partial charge in [0.25, 0.3) is 0 Å². The van der Waals surface area contributed by atoms with Gasteiger partial charge in [-0.25, -0.2) is 4.85 Å². The van der Waals surface area contributed by atoms with Crippen molar-refractivity contribution < 1.29 is 0 Å². The number of nitrogens with zero attached hydrogens (tertiary/aromatic N) is 2. The Hall–Kier alpha value is -4.35. The molecule has 4 aromatic carbocycles. The number of hydrogen-bond acceptors (Lipinski definition) is 1. The molecule has 0 aliphatic heterocycles. The van der Waals surface area contributed by atoms with E-state index in [-0.39, 0.29) is 0 Å². The van der Waals surface area contributed by atoms with E-state index in [1.54, 1.807) is 6.08 Å². The Morgan fingerprint density at radius 2 is 1.13 bits per heavy atom. The molecule has 0 heterocycles. The van der Waals surface area contributed by atoms with Crippen LogP contribution in [-0.4, -0.2) is 0 Å². The molecule has 0 radical (unpaired) electrons. The van der Waals surface area contributed by atoms with Crippen LogP contribution in [0.15, 0.2) is 116 Å². The molecular formula is C29H22N2. The fourth-order valence-electron chi connectivity index (χ4n) is 3.45. The molecule has 4 rings (SSSR count). The highest BCUT2D eigenvalue weighted by Crippen LogP contribution is 2.34. The minimum atomic E-state index is 0.617. The number of rotatable bonds is 6. The summed E-state index contributed by atoms with van der Waals surface area (Å²) in [7, 11) is 0. The maximum Gasteiger partial charge on any atom is 0.194 e. The molecule has 0 aliphatic carbocycles. The second-order valence-electron chi connectivity index (χ2n) is 7.07. The SMILES string of the molecule is [C-]#[N+]/C(=C\c1ccc(N(c2ccccc2)c2ccccc2)cc1)c1ccc(C=C)cc1. The molecule has 0 spiro atoms. The Balaban J connectivity index is 1.67. The van der Waals surface area contributed by atoms with Gasteiger partial charge in [-0.1, -0.05) is 85.5 Å². The van der Waals surface area contributed by atoms with E-state index < -0.39 is 0 Å². The van der Waals surface area contributed by atoms with Crippen LogP contribution >= 0.6 is 0 Å². The molecular weight excluding hydrogens is 376 g/mol. The molecule has 0 fully saturated rings. The maximum absolute atomic E-state index is 7.61. The molecule has 0 unspecified atom stereocenters. The van der Waals surface area contributed by atoms with Crippen molar-refractivity contribution in [2.24, 2.45) is 0 Å². The van der Waals surface area contributed by atoms with Gasteiger partial charge in [-0.05, 0) is 59.2 Å². The van der Waals surface area contributed by atoms with E-state index in [4.69, 9.17) is 6.57 Å². The maximum atomic E-state index is 7.61. The molecule has 31 heavy (non-hydrogen) atoms. The predicted molar refractivity (Wildman–Crippen MR) is 132 cm³/mol. The van der Waals surface area contributed by atoms with Gasteiger partial charge in [0, 0.05) is 17.1 Å². The molecule has 148 valence electrons. The normalized spacial score (nSPS) is 10.9. The first-order chi connectivity index (χ1) is 15.3. The van der Waals surface area contributed by atoms with Gasteiger partial charge in [0.05, 0.1) is 6.57 Å². The summed E-state index contributed by atoms with van der Waals surface area (Å²) in [5.74, 6) is 0. The van der Waals surface area contributed by atoms with Crippen LogP contribution in [0.25, 0.3) is 22.7 Å². The van der Waals surface area contributed by atoms with Gasteiger partial charge in [0.2, 0.25) is 0 Å². The zero-order chi connectivity index (χ0) is 21.5. The standard InChI is InChI=1S/C29H22N2/c1-3-23-14-18-25(19-15-23)29(30-2)22-24-16-20-28(21-17-24)31(26-10-6-4-7-11-26)27-12-8-5-9-13-27/h3-22H,1H2/b29-22-. The van der Waals surface area contributed by atoms with Crippen LogP contribution < -0.4 is 4.90 Å². The molecule has 2 nitrogen and oxygen atoms in total. The zero-order valence-electron chi connectivity index (χ0n) is 17.1. The third-order valence-corrected chi connectivity index (χ3v) is 5.05. The van der Waals surface area contributed by atoms with Crippen molar-refractivity contribution in [2.75, 3.05) is 4.90 Å². The highest BCUT2D eigenvalue weighted by Gasteiger charge is 2.11. The number of hydrogen-bond donors (Lipinski definition) is 0. The Kier molecular flexibility index (Phi) is 6.07. The van der Waals surface area contributed by atoms with E-state index in [1.165, 1.54) is 0 Å². The quantitative estimate of drug-likeness (QED) is 0.234. The lowest BCUT2D eigenvalue weighted by molar-refractivity contribution is 1.28. The minimum absolute atomic E-state index is 0.617. The summed E-state index contributed by atoms with van der Waals surface area (Å²) in [5, 5.41) is 0. The first kappa shape index (κ1) is 19.9. The van der Waals surface area contributed by atoms with Crippen molar-refractivity contribution >= 4 is 34.9 Å². The molecule has 0 aliphatic rings. The Morgan fingerprint density at radius 1 is 0.645 bits per heavy atom. The highest BCUT2D eigenvalue weighted by atomic mass is 15.1. The summed E-state index contributed by atoms with van der Waals surface area (Å²) in [5.41, 5.74) is 6.81. The van der Waals surface area contributed by atoms with Crippen LogP contribution in [0.5, 0.6) is 0 Å². The van der Waals surface area contributed by atoms with Gasteiger partial charge >= 0.3 is 0 Å². The highest BCUT2D eigenvalue weighted by molar-refractivity contribution is 5.86. The van der Waals surface area contributed by atoms with Crippen molar-refractivity contribution in [3.63, 3.8) is 0 Å². The van der Waals surface area contributed by atoms with Gasteiger partial charge in [-0.2, -0.15) is 0 Å². The summed E-state index contributed by atoms with van der Waals surface area (Å²) in [6.07, 6.45) is 3.73. The molecule has 0 N–H and O–H groups in total. The lowest BCUT2D eigenvalue weighted by Gasteiger charge is -2.25. The topological polar surface area (TPSA) is 7.60 Å². The minimum Gasteiger partial charge on any atom is -0.311 e. The van der Waals surface area contributed by atoms with E-state index in [0.717, 1.165) is 33.8 Å². The molecule has 0 bridgehead atoms. The van der Waals surface area contributed by atoms with Crippen LogP contribution in [0.2, 0.25) is 0 Å². The summed E-state index contributed by atoms with van der Waals surface area (Å²) >= 11 is 0. The van der Waals surface area contributed by atoms with Crippen molar-refractivity contribution in [3.8, 4) is 0 Å². The first-order valence-corrected chi connectivity index (χ1v) is 10.1. The average molecular weight is 399 g/mol. The van der Waals surface area contributed by atoms with Crippen LogP contribution in [0.4, 0.5) is 17.1 Å². The van der Waals surface area contributed by atoms with Crippen LogP contribution in [0.3, 0.4) is 0 Å². The van der Waals surface area contributed by atoms with Gasteiger partial charge in [0.1, 0.15) is 0 Å². The average Bonchev–Trinajstić information content (AvgIpc) is 2.85. The second-order valence-corrected chi connectivity index (χ2v) is 7.07. The summed E-state index contributed by atoms with van der Waals surface area (Å²) in [6, 6.07) is 36.8. The summed E-state index contributed by atoms with van der Waals surface area (Å²) in [4.78, 5) is 5.96. The van der Waals surface area contributed by atoms with E-state index in [1.807, 2.05) is 66.7 Å². The van der Waals surface area contributed by atoms with E-state index in [2.05, 4.69) is 64.9 Å². The van der Waals surface area contributed by atoms with Gasteiger partial charge in [0.15, 0.2) is 5.70 Å². The fraction of sp³-hybridized carbons (Fsp3) is 0. The molecule has 0 aromatic heterocycles. The van der Waals surface area contributed by atoms with Crippen molar-refractivity contribution in [3.05, 3.63) is 144 Å². The number of anilines is 3. The number of para-hydroxylation sites is 2. The second kappa shape index (κ2) is 9.43. The molecule has 0 amide bonds. The number of benzene rings is 4. The molecule has 0 atom stereocenters. The van der Waals surface area contributed by atoms with Crippen molar-refractivity contribution in [2.45, 2.75) is 0 Å². The van der Waals surface area contributed by atoms with Crippen LogP contribution in [0, 0.1) is 6.57 Å². The first-order valence-electron chi connectivity index (χ1n) is 10.1. The third kappa shape index (κ3) is 4.63. The van der Waals surface area contributed by atoms with Crippen LogP contribution in [-0.2, 0) is 0 Å². The zero-order valence-corrected chi connectivity index (χ0v) is 17.1.